The molecule has 2 nitrogen and oxygen atoms in total. The lowest BCUT2D eigenvalue weighted by Gasteiger charge is -2.42. The summed E-state index contributed by atoms with van der Waals surface area (Å²) in [5.74, 6) is 2.63. The summed E-state index contributed by atoms with van der Waals surface area (Å²) in [4.78, 5) is 2.72. The number of aliphatic hydroxyl groups is 1. The summed E-state index contributed by atoms with van der Waals surface area (Å²) in [6.45, 7) is 14.9. The molecule has 1 heterocycles. The van der Waals surface area contributed by atoms with Gasteiger partial charge in [-0.15, -0.1) is 6.58 Å². The number of hydrogen-bond acceptors (Lipinski definition) is 2. The van der Waals surface area contributed by atoms with Crippen LogP contribution in [0.2, 0.25) is 0 Å². The molecule has 29 heavy (non-hydrogen) atoms. The first-order valence-corrected chi connectivity index (χ1v) is 12.3. The number of hydrogen-bond donors (Lipinski definition) is 1. The predicted molar refractivity (Wildman–Crippen MR) is 125 cm³/mol. The van der Waals surface area contributed by atoms with Gasteiger partial charge in [0.25, 0.3) is 0 Å². The van der Waals surface area contributed by atoms with Crippen LogP contribution in [0.15, 0.2) is 36.0 Å². The first-order chi connectivity index (χ1) is 13.9. The monoisotopic (exact) mass is 399 g/mol. The van der Waals surface area contributed by atoms with E-state index in [9.17, 15) is 5.11 Å². The van der Waals surface area contributed by atoms with Crippen molar-refractivity contribution in [1.82, 2.24) is 4.90 Å². The van der Waals surface area contributed by atoms with E-state index < -0.39 is 0 Å². The summed E-state index contributed by atoms with van der Waals surface area (Å²) in [6.07, 6.45) is 18.8. The largest absolute Gasteiger partial charge is 0.389 e. The van der Waals surface area contributed by atoms with Crippen LogP contribution in [-0.2, 0) is 0 Å². The van der Waals surface area contributed by atoms with Crippen molar-refractivity contribution in [3.05, 3.63) is 36.0 Å². The second-order valence-electron chi connectivity index (χ2n) is 10.6. The van der Waals surface area contributed by atoms with Gasteiger partial charge in [-0.2, -0.15) is 0 Å². The third kappa shape index (κ3) is 5.85. The van der Waals surface area contributed by atoms with Gasteiger partial charge in [0.2, 0.25) is 0 Å². The van der Waals surface area contributed by atoms with Crippen molar-refractivity contribution in [1.29, 1.82) is 0 Å². The van der Waals surface area contributed by atoms with Crippen LogP contribution in [0.25, 0.3) is 0 Å². The summed E-state index contributed by atoms with van der Waals surface area (Å²) >= 11 is 0. The zero-order valence-electron chi connectivity index (χ0n) is 19.3. The Bertz CT molecular complexity index is 606. The van der Waals surface area contributed by atoms with E-state index in [1.54, 1.807) is 11.6 Å². The number of likely N-dealkylation sites (tertiary alicyclic amines) is 1. The highest BCUT2D eigenvalue weighted by molar-refractivity contribution is 5.24. The van der Waals surface area contributed by atoms with E-state index in [0.717, 1.165) is 37.0 Å². The van der Waals surface area contributed by atoms with E-state index in [1.807, 2.05) is 0 Å². The molecule has 0 amide bonds. The Morgan fingerprint density at radius 3 is 2.90 bits per heavy atom. The maximum Gasteiger partial charge on any atom is 0.0718 e. The van der Waals surface area contributed by atoms with Gasteiger partial charge < -0.3 is 10.0 Å². The van der Waals surface area contributed by atoms with Gasteiger partial charge >= 0.3 is 0 Å². The summed E-state index contributed by atoms with van der Waals surface area (Å²) in [5, 5.41) is 9.63. The molecule has 5 atom stereocenters. The Labute approximate surface area is 180 Å². The Kier molecular flexibility index (Phi) is 8.22. The van der Waals surface area contributed by atoms with Crippen molar-refractivity contribution < 1.29 is 5.11 Å². The number of fused-ring (bicyclic) bond motifs is 1. The first kappa shape index (κ1) is 22.8. The van der Waals surface area contributed by atoms with Crippen molar-refractivity contribution in [3.63, 3.8) is 0 Å². The lowest BCUT2D eigenvalue weighted by molar-refractivity contribution is 0.119. The minimum absolute atomic E-state index is 0.348. The highest BCUT2D eigenvalue weighted by atomic mass is 16.3. The van der Waals surface area contributed by atoms with Gasteiger partial charge in [-0.05, 0) is 107 Å². The van der Waals surface area contributed by atoms with E-state index in [4.69, 9.17) is 0 Å². The maximum absolute atomic E-state index is 9.63. The fourth-order valence-electron chi connectivity index (χ4n) is 6.43. The number of aliphatic hydroxyl groups excluding tert-OH is 1. The molecule has 2 heteroatoms. The second kappa shape index (κ2) is 10.4. The molecule has 0 bridgehead atoms. The molecule has 1 aliphatic heterocycles. The Morgan fingerprint density at radius 1 is 1.34 bits per heavy atom. The minimum atomic E-state index is -0.348. The van der Waals surface area contributed by atoms with Crippen LogP contribution in [0.3, 0.4) is 0 Å². The first-order valence-electron chi connectivity index (χ1n) is 12.3. The molecule has 0 aromatic carbocycles. The van der Waals surface area contributed by atoms with Crippen molar-refractivity contribution in [2.24, 2.45) is 23.2 Å². The van der Waals surface area contributed by atoms with E-state index in [2.05, 4.69) is 44.4 Å². The second-order valence-corrected chi connectivity index (χ2v) is 10.6. The molecule has 2 unspecified atom stereocenters. The highest BCUT2D eigenvalue weighted by Crippen LogP contribution is 2.58. The molecule has 0 aromatic heterocycles. The molecule has 0 radical (unpaired) electrons. The van der Waals surface area contributed by atoms with Crippen LogP contribution < -0.4 is 0 Å². The lowest BCUT2D eigenvalue weighted by atomic mass is 9.63. The molecule has 1 N–H and O–H groups in total. The molecule has 2 saturated carbocycles. The molecule has 0 aromatic rings. The lowest BCUT2D eigenvalue weighted by Crippen LogP contribution is -2.35. The zero-order chi connectivity index (χ0) is 20.9. The smallest absolute Gasteiger partial charge is 0.0718 e. The number of nitrogens with zero attached hydrogens (tertiary/aromatic N) is 1. The molecule has 0 spiro atoms. The van der Waals surface area contributed by atoms with Crippen LogP contribution in [0.5, 0.6) is 0 Å². The fraction of sp³-hybridized carbons (Fsp3) is 0.778. The quantitative estimate of drug-likeness (QED) is 0.446. The summed E-state index contributed by atoms with van der Waals surface area (Å²) in [7, 11) is 0. The van der Waals surface area contributed by atoms with E-state index >= 15 is 0 Å². The molecule has 1 saturated heterocycles. The van der Waals surface area contributed by atoms with Gasteiger partial charge in [-0.1, -0.05) is 43.2 Å². The standard InChI is InChI=1S/C27H45NO/c1-5-25(29)10-6-8-21(2)11-12-23-9-7-17-27(4)24(13-14-26(23)27)16-19-28-18-15-22(3)20-28/h5,11-12,22,24-26,29H,1,6-10,13-20H2,2-4H3/b21-11+,23-12+/t22-,24+,25?,26?,27+/m0/s1. The van der Waals surface area contributed by atoms with Crippen LogP contribution in [0, 0.1) is 23.2 Å². The normalized spacial score (nSPS) is 35.8. The number of allylic oxidation sites excluding steroid dienone is 4. The van der Waals surface area contributed by atoms with Crippen LogP contribution >= 0.6 is 0 Å². The van der Waals surface area contributed by atoms with E-state index in [0.29, 0.717) is 5.41 Å². The van der Waals surface area contributed by atoms with Crippen molar-refractivity contribution in [3.8, 4) is 0 Å². The summed E-state index contributed by atoms with van der Waals surface area (Å²) in [5.41, 5.74) is 3.70. The van der Waals surface area contributed by atoms with E-state index in [-0.39, 0.29) is 6.10 Å². The fourth-order valence-corrected chi connectivity index (χ4v) is 6.43. The average molecular weight is 400 g/mol. The molecular weight excluding hydrogens is 354 g/mol. The van der Waals surface area contributed by atoms with Gasteiger partial charge in [0.05, 0.1) is 6.10 Å². The van der Waals surface area contributed by atoms with Crippen molar-refractivity contribution in [2.75, 3.05) is 19.6 Å². The molecular formula is C27H45NO. The van der Waals surface area contributed by atoms with Gasteiger partial charge in [0, 0.05) is 6.54 Å². The topological polar surface area (TPSA) is 23.5 Å². The van der Waals surface area contributed by atoms with Crippen molar-refractivity contribution in [2.45, 2.75) is 91.1 Å². The van der Waals surface area contributed by atoms with Gasteiger partial charge in [-0.25, -0.2) is 0 Å². The molecule has 3 aliphatic rings. The van der Waals surface area contributed by atoms with Crippen LogP contribution in [0.1, 0.15) is 85.0 Å². The molecule has 3 rings (SSSR count). The van der Waals surface area contributed by atoms with Gasteiger partial charge in [-0.3, -0.25) is 0 Å². The van der Waals surface area contributed by atoms with E-state index in [1.165, 1.54) is 70.2 Å². The molecule has 3 fully saturated rings. The Balaban J connectivity index is 1.55. The van der Waals surface area contributed by atoms with Gasteiger partial charge in [0.15, 0.2) is 0 Å². The third-order valence-electron chi connectivity index (χ3n) is 8.39. The summed E-state index contributed by atoms with van der Waals surface area (Å²) < 4.78 is 0. The number of rotatable bonds is 9. The predicted octanol–water partition coefficient (Wildman–Crippen LogP) is 6.52. The maximum atomic E-state index is 9.63. The van der Waals surface area contributed by atoms with Crippen LogP contribution in [-0.4, -0.2) is 35.7 Å². The third-order valence-corrected chi connectivity index (χ3v) is 8.39. The molecule has 2 aliphatic carbocycles. The average Bonchev–Trinajstić information content (AvgIpc) is 3.27. The van der Waals surface area contributed by atoms with Crippen LogP contribution in [0.4, 0.5) is 0 Å². The molecule has 164 valence electrons. The van der Waals surface area contributed by atoms with Crippen molar-refractivity contribution >= 4 is 0 Å². The Morgan fingerprint density at radius 2 is 2.17 bits per heavy atom. The zero-order valence-corrected chi connectivity index (χ0v) is 19.3. The van der Waals surface area contributed by atoms with Gasteiger partial charge in [0.1, 0.15) is 0 Å². The summed E-state index contributed by atoms with van der Waals surface area (Å²) in [6, 6.07) is 0. The minimum Gasteiger partial charge on any atom is -0.389 e. The highest BCUT2D eigenvalue weighted by Gasteiger charge is 2.48. The SMILES string of the molecule is C=CC(O)CCC/C(C)=C/C=C1\CCC[C@@]2(C)C1CC[C@@H]2CCN1CC[C@H](C)C1. The Hall–Kier alpha value is -0.860.